The lowest BCUT2D eigenvalue weighted by molar-refractivity contribution is 0.00684. The van der Waals surface area contributed by atoms with E-state index in [4.69, 9.17) is 9.47 Å². The van der Waals surface area contributed by atoms with Gasteiger partial charge in [-0.25, -0.2) is 4.79 Å². The highest BCUT2D eigenvalue weighted by atomic mass is 16.6. The standard InChI is InChI=1S/C19H28N2O4/c1-19(2,3)25-18(23)21-14-6-7-15(21)10-13(9-14)20-12-5-8-17(24-4)16(22)11-12/h5,8,11,13-15,20,22H,6-7,9-10H2,1-4H3. The van der Waals surface area contributed by atoms with E-state index in [1.54, 1.807) is 12.1 Å². The molecule has 2 bridgehead atoms. The normalized spacial score (nSPS) is 25.6. The molecule has 2 aliphatic rings. The summed E-state index contributed by atoms with van der Waals surface area (Å²) in [6.45, 7) is 5.70. The molecule has 2 unspecified atom stereocenters. The molecule has 0 aromatic heterocycles. The van der Waals surface area contributed by atoms with Crippen molar-refractivity contribution in [2.75, 3.05) is 12.4 Å². The van der Waals surface area contributed by atoms with Gasteiger partial charge in [0.05, 0.1) is 7.11 Å². The number of nitrogens with one attached hydrogen (secondary N) is 1. The summed E-state index contributed by atoms with van der Waals surface area (Å²) < 4.78 is 10.7. The fourth-order valence-corrected chi connectivity index (χ4v) is 3.92. The summed E-state index contributed by atoms with van der Waals surface area (Å²) in [7, 11) is 1.53. The lowest BCUT2D eigenvalue weighted by Gasteiger charge is -2.40. The molecule has 2 N–H and O–H groups in total. The summed E-state index contributed by atoms with van der Waals surface area (Å²) in [5.74, 6) is 0.590. The number of carbonyl (C=O) groups is 1. The number of phenols is 1. The van der Waals surface area contributed by atoms with E-state index in [9.17, 15) is 9.90 Å². The van der Waals surface area contributed by atoms with Crippen molar-refractivity contribution in [3.8, 4) is 11.5 Å². The number of hydrogen-bond acceptors (Lipinski definition) is 5. The number of phenolic OH excluding ortho intramolecular Hbond substituents is 1. The summed E-state index contributed by atoms with van der Waals surface area (Å²) in [5.41, 5.74) is 0.403. The number of fused-ring (bicyclic) bond motifs is 2. The van der Waals surface area contributed by atoms with Crippen LogP contribution in [0.1, 0.15) is 46.5 Å². The van der Waals surface area contributed by atoms with Gasteiger partial charge in [0.25, 0.3) is 0 Å². The highest BCUT2D eigenvalue weighted by Gasteiger charge is 2.44. The molecule has 0 saturated carbocycles. The molecule has 2 heterocycles. The van der Waals surface area contributed by atoms with Crippen molar-refractivity contribution in [3.05, 3.63) is 18.2 Å². The third-order valence-corrected chi connectivity index (χ3v) is 4.89. The Hall–Kier alpha value is -2.11. The topological polar surface area (TPSA) is 71.0 Å². The van der Waals surface area contributed by atoms with Crippen LogP contribution in [0.3, 0.4) is 0 Å². The van der Waals surface area contributed by atoms with Crippen molar-refractivity contribution < 1.29 is 19.4 Å². The van der Waals surface area contributed by atoms with Gasteiger partial charge < -0.3 is 24.8 Å². The third-order valence-electron chi connectivity index (χ3n) is 4.89. The van der Waals surface area contributed by atoms with E-state index < -0.39 is 5.60 Å². The number of nitrogens with zero attached hydrogens (tertiary/aromatic N) is 1. The van der Waals surface area contributed by atoms with Gasteiger partial charge in [-0.1, -0.05) is 0 Å². The molecule has 2 aliphatic heterocycles. The zero-order valence-electron chi connectivity index (χ0n) is 15.4. The van der Waals surface area contributed by atoms with Crippen LogP contribution in [0.15, 0.2) is 18.2 Å². The molecule has 3 rings (SSSR count). The number of anilines is 1. The summed E-state index contributed by atoms with van der Waals surface area (Å²) in [6.07, 6.45) is 3.64. The van der Waals surface area contributed by atoms with Gasteiger partial charge in [-0.05, 0) is 58.6 Å². The van der Waals surface area contributed by atoms with E-state index >= 15 is 0 Å². The molecule has 0 radical (unpaired) electrons. The second-order valence-corrected chi connectivity index (χ2v) is 7.97. The smallest absolute Gasteiger partial charge is 0.410 e. The average molecular weight is 348 g/mol. The van der Waals surface area contributed by atoms with Crippen LogP contribution in [0.2, 0.25) is 0 Å². The Labute approximate surface area is 149 Å². The first kappa shape index (κ1) is 17.7. The lowest BCUT2D eigenvalue weighted by atomic mass is 9.97. The summed E-state index contributed by atoms with van der Waals surface area (Å²) >= 11 is 0. The first-order valence-corrected chi connectivity index (χ1v) is 8.91. The van der Waals surface area contributed by atoms with E-state index in [2.05, 4.69) is 5.32 Å². The number of carbonyl (C=O) groups excluding carboxylic acids is 1. The number of benzene rings is 1. The number of methoxy groups -OCH3 is 1. The van der Waals surface area contributed by atoms with Crippen molar-refractivity contribution in [3.63, 3.8) is 0 Å². The first-order valence-electron chi connectivity index (χ1n) is 8.91. The van der Waals surface area contributed by atoms with Gasteiger partial charge >= 0.3 is 6.09 Å². The Morgan fingerprint density at radius 2 is 1.88 bits per heavy atom. The van der Waals surface area contributed by atoms with E-state index in [0.29, 0.717) is 5.75 Å². The van der Waals surface area contributed by atoms with E-state index in [0.717, 1.165) is 31.4 Å². The molecule has 2 atom stereocenters. The highest BCUT2D eigenvalue weighted by Crippen LogP contribution is 2.38. The Morgan fingerprint density at radius 3 is 2.40 bits per heavy atom. The van der Waals surface area contributed by atoms with Crippen molar-refractivity contribution in [1.82, 2.24) is 4.90 Å². The van der Waals surface area contributed by atoms with E-state index in [1.807, 2.05) is 31.7 Å². The van der Waals surface area contributed by atoms with Gasteiger partial charge in [-0.2, -0.15) is 0 Å². The van der Waals surface area contributed by atoms with Crippen LogP contribution in [0.4, 0.5) is 10.5 Å². The van der Waals surface area contributed by atoms with Crippen LogP contribution in [0.25, 0.3) is 0 Å². The highest BCUT2D eigenvalue weighted by molar-refractivity contribution is 5.70. The Bertz CT molecular complexity index is 627. The SMILES string of the molecule is COc1ccc(NC2CC3CCC(C2)N3C(=O)OC(C)(C)C)cc1O. The van der Waals surface area contributed by atoms with Gasteiger partial charge in [-0.3, -0.25) is 0 Å². The second-order valence-electron chi connectivity index (χ2n) is 7.97. The second kappa shape index (κ2) is 6.65. The minimum Gasteiger partial charge on any atom is -0.504 e. The molecule has 138 valence electrons. The Morgan fingerprint density at radius 1 is 1.24 bits per heavy atom. The minimum absolute atomic E-state index is 0.127. The molecule has 0 aliphatic carbocycles. The quantitative estimate of drug-likeness (QED) is 0.871. The van der Waals surface area contributed by atoms with E-state index in [-0.39, 0.29) is 30.0 Å². The Kier molecular flexibility index (Phi) is 4.71. The molecule has 1 aromatic rings. The van der Waals surface area contributed by atoms with Crippen molar-refractivity contribution >= 4 is 11.8 Å². The van der Waals surface area contributed by atoms with Crippen LogP contribution in [0, 0.1) is 0 Å². The fraction of sp³-hybridized carbons (Fsp3) is 0.632. The number of rotatable bonds is 3. The first-order chi connectivity index (χ1) is 11.8. The van der Waals surface area contributed by atoms with Gasteiger partial charge in [0.15, 0.2) is 11.5 Å². The van der Waals surface area contributed by atoms with Crippen LogP contribution < -0.4 is 10.1 Å². The number of piperidine rings is 1. The monoisotopic (exact) mass is 348 g/mol. The number of amides is 1. The molecule has 1 aromatic carbocycles. The molecular formula is C19H28N2O4. The molecule has 2 fully saturated rings. The predicted octanol–water partition coefficient (Wildman–Crippen LogP) is 3.74. The van der Waals surface area contributed by atoms with Crippen molar-refractivity contribution in [1.29, 1.82) is 0 Å². The minimum atomic E-state index is -0.466. The molecule has 6 nitrogen and oxygen atoms in total. The Balaban J connectivity index is 1.64. The average Bonchev–Trinajstić information content (AvgIpc) is 2.77. The summed E-state index contributed by atoms with van der Waals surface area (Å²) in [4.78, 5) is 14.4. The number of hydrogen-bond donors (Lipinski definition) is 2. The molecule has 25 heavy (non-hydrogen) atoms. The molecule has 0 spiro atoms. The van der Waals surface area contributed by atoms with Gasteiger partial charge in [0, 0.05) is 29.9 Å². The zero-order chi connectivity index (χ0) is 18.2. The van der Waals surface area contributed by atoms with Gasteiger partial charge in [-0.15, -0.1) is 0 Å². The molecular weight excluding hydrogens is 320 g/mol. The van der Waals surface area contributed by atoms with Crippen LogP contribution in [0.5, 0.6) is 11.5 Å². The summed E-state index contributed by atoms with van der Waals surface area (Å²) in [6, 6.07) is 6.06. The number of ether oxygens (including phenoxy) is 2. The van der Waals surface area contributed by atoms with Gasteiger partial charge in [0.2, 0.25) is 0 Å². The maximum absolute atomic E-state index is 12.5. The lowest BCUT2D eigenvalue weighted by Crippen LogP contribution is -2.51. The summed E-state index contributed by atoms with van der Waals surface area (Å²) in [5, 5.41) is 13.4. The van der Waals surface area contributed by atoms with Crippen LogP contribution >= 0.6 is 0 Å². The zero-order valence-corrected chi connectivity index (χ0v) is 15.4. The van der Waals surface area contributed by atoms with Gasteiger partial charge in [0.1, 0.15) is 5.60 Å². The maximum Gasteiger partial charge on any atom is 0.410 e. The molecule has 6 heteroatoms. The molecule has 1 amide bonds. The van der Waals surface area contributed by atoms with Crippen molar-refractivity contribution in [2.45, 2.75) is 70.2 Å². The fourth-order valence-electron chi connectivity index (χ4n) is 3.92. The van der Waals surface area contributed by atoms with Crippen LogP contribution in [-0.2, 0) is 4.74 Å². The maximum atomic E-state index is 12.5. The van der Waals surface area contributed by atoms with Crippen molar-refractivity contribution in [2.24, 2.45) is 0 Å². The van der Waals surface area contributed by atoms with Crippen LogP contribution in [-0.4, -0.2) is 46.9 Å². The molecule has 2 saturated heterocycles. The predicted molar refractivity (Wildman–Crippen MR) is 96.2 cm³/mol. The largest absolute Gasteiger partial charge is 0.504 e. The third kappa shape index (κ3) is 3.94. The van der Waals surface area contributed by atoms with E-state index in [1.165, 1.54) is 7.11 Å². The number of aromatic hydroxyl groups is 1.